The van der Waals surface area contributed by atoms with Gasteiger partial charge in [-0.1, -0.05) is 25.4 Å². The summed E-state index contributed by atoms with van der Waals surface area (Å²) < 4.78 is 13.7. The van der Waals surface area contributed by atoms with Crippen molar-refractivity contribution in [1.82, 2.24) is 5.32 Å². The van der Waals surface area contributed by atoms with Crippen molar-refractivity contribution in [2.24, 2.45) is 11.8 Å². The van der Waals surface area contributed by atoms with E-state index in [2.05, 4.69) is 19.2 Å². The number of benzene rings is 1. The average Bonchev–Trinajstić information content (AvgIpc) is 2.67. The number of hydrogen-bond donors (Lipinski definition) is 1. The Morgan fingerprint density at radius 1 is 1.39 bits per heavy atom. The molecule has 0 radical (unpaired) electrons. The first-order valence-electron chi connectivity index (χ1n) is 6.79. The molecule has 0 saturated heterocycles. The average molecular weight is 270 g/mol. The topological polar surface area (TPSA) is 12.0 Å². The molecule has 0 amide bonds. The highest BCUT2D eigenvalue weighted by molar-refractivity contribution is 6.30. The summed E-state index contributed by atoms with van der Waals surface area (Å²) in [6.07, 6.45) is 3.17. The highest BCUT2D eigenvalue weighted by atomic mass is 35.5. The van der Waals surface area contributed by atoms with Crippen LogP contribution in [0.3, 0.4) is 0 Å². The summed E-state index contributed by atoms with van der Waals surface area (Å²) in [6.45, 7) is 5.41. The molecule has 0 heterocycles. The standard InChI is InChI=1S/C15H21ClFN/c1-3-18-15-7-4-11(10(15)2)8-12-9-13(16)5-6-14(12)17/h5-6,9-11,15,18H,3-4,7-8H2,1-2H3. The van der Waals surface area contributed by atoms with Crippen LogP contribution in [0.5, 0.6) is 0 Å². The third-order valence-electron chi connectivity index (χ3n) is 4.18. The lowest BCUT2D eigenvalue weighted by Gasteiger charge is -2.21. The van der Waals surface area contributed by atoms with Gasteiger partial charge in [-0.3, -0.25) is 0 Å². The Bertz CT molecular complexity index is 407. The zero-order valence-corrected chi connectivity index (χ0v) is 11.8. The molecule has 1 aliphatic carbocycles. The van der Waals surface area contributed by atoms with Gasteiger partial charge in [-0.25, -0.2) is 4.39 Å². The molecular weight excluding hydrogens is 249 g/mol. The Morgan fingerprint density at radius 3 is 2.89 bits per heavy atom. The van der Waals surface area contributed by atoms with Crippen molar-refractivity contribution in [3.8, 4) is 0 Å². The van der Waals surface area contributed by atoms with Gasteiger partial charge in [0.2, 0.25) is 0 Å². The van der Waals surface area contributed by atoms with Crippen molar-refractivity contribution in [2.75, 3.05) is 6.54 Å². The summed E-state index contributed by atoms with van der Waals surface area (Å²) in [5, 5.41) is 4.14. The normalized spacial score (nSPS) is 27.7. The molecule has 1 saturated carbocycles. The minimum absolute atomic E-state index is 0.126. The highest BCUT2D eigenvalue weighted by Crippen LogP contribution is 2.35. The van der Waals surface area contributed by atoms with Gasteiger partial charge in [0.05, 0.1) is 0 Å². The van der Waals surface area contributed by atoms with Crippen LogP contribution in [0.15, 0.2) is 18.2 Å². The van der Waals surface area contributed by atoms with Crippen LogP contribution in [0.25, 0.3) is 0 Å². The lowest BCUT2D eigenvalue weighted by molar-refractivity contribution is 0.352. The van der Waals surface area contributed by atoms with Crippen LogP contribution in [0, 0.1) is 17.7 Å². The summed E-state index contributed by atoms with van der Waals surface area (Å²) in [5.41, 5.74) is 0.761. The minimum atomic E-state index is -0.126. The smallest absolute Gasteiger partial charge is 0.126 e. The first-order valence-corrected chi connectivity index (χ1v) is 7.17. The molecule has 18 heavy (non-hydrogen) atoms. The van der Waals surface area contributed by atoms with Gasteiger partial charge in [0.15, 0.2) is 0 Å². The molecule has 1 aromatic carbocycles. The molecule has 0 bridgehead atoms. The van der Waals surface area contributed by atoms with E-state index in [9.17, 15) is 4.39 Å². The van der Waals surface area contributed by atoms with Gasteiger partial charge in [-0.15, -0.1) is 0 Å². The zero-order valence-electron chi connectivity index (χ0n) is 11.0. The molecule has 1 nitrogen and oxygen atoms in total. The number of nitrogens with one attached hydrogen (secondary N) is 1. The largest absolute Gasteiger partial charge is 0.314 e. The third-order valence-corrected chi connectivity index (χ3v) is 4.42. The van der Waals surface area contributed by atoms with Gasteiger partial charge < -0.3 is 5.32 Å². The van der Waals surface area contributed by atoms with E-state index >= 15 is 0 Å². The Labute approximate surface area is 114 Å². The van der Waals surface area contributed by atoms with Crippen molar-refractivity contribution in [3.63, 3.8) is 0 Å². The van der Waals surface area contributed by atoms with E-state index in [0.29, 0.717) is 22.9 Å². The van der Waals surface area contributed by atoms with Crippen LogP contribution in [0.1, 0.15) is 32.3 Å². The van der Waals surface area contributed by atoms with E-state index in [1.54, 1.807) is 12.1 Å². The maximum absolute atomic E-state index is 13.7. The molecule has 3 heteroatoms. The molecule has 0 aromatic heterocycles. The van der Waals surface area contributed by atoms with Gasteiger partial charge >= 0.3 is 0 Å². The summed E-state index contributed by atoms with van der Waals surface area (Å²) in [6, 6.07) is 5.44. The number of halogens is 2. The molecule has 1 fully saturated rings. The van der Waals surface area contributed by atoms with Gasteiger partial charge in [-0.2, -0.15) is 0 Å². The van der Waals surface area contributed by atoms with E-state index in [0.717, 1.165) is 18.5 Å². The maximum atomic E-state index is 13.7. The lowest BCUT2D eigenvalue weighted by Crippen LogP contribution is -2.32. The van der Waals surface area contributed by atoms with Gasteiger partial charge in [-0.05, 0) is 61.4 Å². The SMILES string of the molecule is CCNC1CCC(Cc2cc(Cl)ccc2F)C1C. The third kappa shape index (κ3) is 3.04. The van der Waals surface area contributed by atoms with Crippen molar-refractivity contribution in [1.29, 1.82) is 0 Å². The quantitative estimate of drug-likeness (QED) is 0.870. The number of rotatable bonds is 4. The van der Waals surface area contributed by atoms with Crippen LogP contribution >= 0.6 is 11.6 Å². The molecular formula is C15H21ClFN. The Balaban J connectivity index is 2.04. The Hall–Kier alpha value is -0.600. The van der Waals surface area contributed by atoms with Crippen LogP contribution in [-0.2, 0) is 6.42 Å². The van der Waals surface area contributed by atoms with Crippen molar-refractivity contribution >= 4 is 11.6 Å². The van der Waals surface area contributed by atoms with E-state index in [4.69, 9.17) is 11.6 Å². The fourth-order valence-corrected chi connectivity index (χ4v) is 3.26. The zero-order chi connectivity index (χ0) is 13.1. The fraction of sp³-hybridized carbons (Fsp3) is 0.600. The molecule has 3 unspecified atom stereocenters. The molecule has 0 spiro atoms. The molecule has 2 rings (SSSR count). The minimum Gasteiger partial charge on any atom is -0.314 e. The second-order valence-corrected chi connectivity index (χ2v) is 5.74. The van der Waals surface area contributed by atoms with Gasteiger partial charge in [0.25, 0.3) is 0 Å². The predicted octanol–water partition coefficient (Wildman–Crippen LogP) is 4.05. The van der Waals surface area contributed by atoms with Gasteiger partial charge in [0.1, 0.15) is 5.82 Å². The Kier molecular flexibility index (Phi) is 4.63. The second-order valence-electron chi connectivity index (χ2n) is 5.30. The first kappa shape index (κ1) is 13.8. The van der Waals surface area contributed by atoms with Gasteiger partial charge in [0, 0.05) is 11.1 Å². The molecule has 1 aromatic rings. The van der Waals surface area contributed by atoms with Crippen LogP contribution in [0.4, 0.5) is 4.39 Å². The number of hydrogen-bond acceptors (Lipinski definition) is 1. The van der Waals surface area contributed by atoms with Crippen LogP contribution in [-0.4, -0.2) is 12.6 Å². The van der Waals surface area contributed by atoms with E-state index in [1.807, 2.05) is 0 Å². The summed E-state index contributed by atoms with van der Waals surface area (Å²) in [7, 11) is 0. The summed E-state index contributed by atoms with van der Waals surface area (Å²) in [5.74, 6) is 1.03. The second kappa shape index (κ2) is 6.03. The molecule has 1 N–H and O–H groups in total. The van der Waals surface area contributed by atoms with Crippen LogP contribution in [0.2, 0.25) is 5.02 Å². The van der Waals surface area contributed by atoms with E-state index in [-0.39, 0.29) is 5.82 Å². The lowest BCUT2D eigenvalue weighted by atomic mass is 9.89. The molecule has 1 aliphatic rings. The highest BCUT2D eigenvalue weighted by Gasteiger charge is 2.32. The summed E-state index contributed by atoms with van der Waals surface area (Å²) in [4.78, 5) is 0. The van der Waals surface area contributed by atoms with E-state index < -0.39 is 0 Å². The van der Waals surface area contributed by atoms with E-state index in [1.165, 1.54) is 18.9 Å². The molecule has 0 aliphatic heterocycles. The fourth-order valence-electron chi connectivity index (χ4n) is 3.07. The monoisotopic (exact) mass is 269 g/mol. The van der Waals surface area contributed by atoms with Crippen molar-refractivity contribution in [3.05, 3.63) is 34.6 Å². The Morgan fingerprint density at radius 2 is 2.17 bits per heavy atom. The molecule has 3 atom stereocenters. The first-order chi connectivity index (χ1) is 8.61. The summed E-state index contributed by atoms with van der Waals surface area (Å²) >= 11 is 5.94. The maximum Gasteiger partial charge on any atom is 0.126 e. The molecule has 100 valence electrons. The van der Waals surface area contributed by atoms with Crippen LogP contribution < -0.4 is 5.32 Å². The predicted molar refractivity (Wildman–Crippen MR) is 74.5 cm³/mol. The van der Waals surface area contributed by atoms with Crippen molar-refractivity contribution < 1.29 is 4.39 Å². The van der Waals surface area contributed by atoms with Crippen molar-refractivity contribution in [2.45, 2.75) is 39.2 Å².